The third-order valence-corrected chi connectivity index (χ3v) is 0.898. The van der Waals surface area contributed by atoms with Crippen molar-refractivity contribution in [3.63, 3.8) is 0 Å². The molecule has 2 nitrogen and oxygen atoms in total. The average molecular weight is 131 g/mol. The molecule has 0 aromatic rings. The minimum absolute atomic E-state index is 0.177. The molecule has 0 aliphatic rings. The van der Waals surface area contributed by atoms with E-state index in [0.29, 0.717) is 5.32 Å². The Bertz CT molecular complexity index is 28.0. The van der Waals surface area contributed by atoms with Crippen molar-refractivity contribution in [1.29, 1.82) is 0 Å². The molecule has 0 rings (SSSR count). The van der Waals surface area contributed by atoms with Crippen LogP contribution in [-0.4, -0.2) is 22.9 Å². The quantitative estimate of drug-likeness (QED) is 0.486. The molecule has 1 unspecified atom stereocenters. The van der Waals surface area contributed by atoms with E-state index in [1.165, 1.54) is 0 Å². The van der Waals surface area contributed by atoms with Crippen molar-refractivity contribution in [2.75, 3.05) is 6.61 Å². The zero-order valence-electron chi connectivity index (χ0n) is 3.24. The Hall–Kier alpha value is 0.439. The second-order valence-electron chi connectivity index (χ2n) is 0.981. The number of aliphatic hydroxyl groups excluding tert-OH is 2. The molecule has 0 radical (unpaired) electrons. The van der Waals surface area contributed by atoms with Gasteiger partial charge in [-0.1, -0.05) is 0 Å². The first kappa shape index (κ1) is 6.44. The molecule has 1 atom stereocenters. The van der Waals surface area contributed by atoms with Gasteiger partial charge in [0.15, 0.2) is 0 Å². The fourth-order valence-corrected chi connectivity index (χ4v) is 0.188. The van der Waals surface area contributed by atoms with Gasteiger partial charge in [0.2, 0.25) is 0 Å². The van der Waals surface area contributed by atoms with Gasteiger partial charge in [0.05, 0.1) is 0 Å². The number of hydrogen-bond acceptors (Lipinski definition) is 2. The molecule has 0 spiro atoms. The Morgan fingerprint density at radius 2 is 2.17 bits per heavy atom. The molecule has 0 saturated heterocycles. The van der Waals surface area contributed by atoms with Gasteiger partial charge in [-0.3, -0.25) is 0 Å². The first-order valence-corrected chi connectivity index (χ1v) is 2.42. The van der Waals surface area contributed by atoms with Crippen molar-refractivity contribution >= 4 is 0 Å². The summed E-state index contributed by atoms with van der Waals surface area (Å²) in [6.07, 6.45) is -0.620. The number of aliphatic hydroxyl groups is 2. The van der Waals surface area contributed by atoms with E-state index in [2.05, 4.69) is 16.0 Å². The van der Waals surface area contributed by atoms with E-state index in [-0.39, 0.29) is 6.61 Å². The topological polar surface area (TPSA) is 40.5 Å². The van der Waals surface area contributed by atoms with Crippen molar-refractivity contribution in [2.24, 2.45) is 0 Å². The van der Waals surface area contributed by atoms with Crippen LogP contribution in [0.3, 0.4) is 0 Å². The normalized spacial score (nSPS) is 14.5. The van der Waals surface area contributed by atoms with Gasteiger partial charge in [0, 0.05) is 0 Å². The molecule has 0 fully saturated rings. The SMILES string of the molecule is OCC(O)[CH2][Fe]. The summed E-state index contributed by atoms with van der Waals surface area (Å²) in [5.41, 5.74) is 0. The second-order valence-corrected chi connectivity index (χ2v) is 1.43. The van der Waals surface area contributed by atoms with Gasteiger partial charge in [0.1, 0.15) is 0 Å². The fraction of sp³-hybridized carbons (Fsp3) is 1.00. The molecular weight excluding hydrogens is 124 g/mol. The predicted molar refractivity (Wildman–Crippen MR) is 17.9 cm³/mol. The predicted octanol–water partition coefficient (Wildman–Crippen LogP) is -0.695. The molecule has 2 N–H and O–H groups in total. The Morgan fingerprint density at radius 1 is 1.67 bits per heavy atom. The zero-order chi connectivity index (χ0) is 4.99. The standard InChI is InChI=1S/C3H7O2.Fe/c1-3(5)2-4;/h3-5H,1-2H2;. The van der Waals surface area contributed by atoms with Crippen molar-refractivity contribution in [3.05, 3.63) is 0 Å². The Labute approximate surface area is 45.0 Å². The fourth-order valence-electron chi connectivity index (χ4n) is 0.0456. The van der Waals surface area contributed by atoms with E-state index >= 15 is 0 Å². The average Bonchev–Trinajstić information content (AvgIpc) is 1.65. The molecule has 0 bridgehead atoms. The molecular formula is C3H7FeO2. The van der Waals surface area contributed by atoms with Gasteiger partial charge in [-0.25, -0.2) is 0 Å². The molecule has 6 heavy (non-hydrogen) atoms. The summed E-state index contributed by atoms with van der Waals surface area (Å²) in [4.78, 5) is 0. The van der Waals surface area contributed by atoms with Crippen LogP contribution in [0.1, 0.15) is 0 Å². The molecule has 0 aliphatic heterocycles. The van der Waals surface area contributed by atoms with Crippen LogP contribution in [0.5, 0.6) is 0 Å². The molecule has 0 aliphatic carbocycles. The van der Waals surface area contributed by atoms with Crippen molar-refractivity contribution in [2.45, 2.75) is 11.4 Å². The van der Waals surface area contributed by atoms with Gasteiger partial charge in [0.25, 0.3) is 0 Å². The van der Waals surface area contributed by atoms with E-state index in [0.717, 1.165) is 0 Å². The van der Waals surface area contributed by atoms with Crippen molar-refractivity contribution < 1.29 is 26.2 Å². The molecule has 0 aromatic heterocycles. The molecule has 39 valence electrons. The van der Waals surface area contributed by atoms with Gasteiger partial charge in [-0.2, -0.15) is 0 Å². The Morgan fingerprint density at radius 3 is 2.17 bits per heavy atom. The molecule has 3 heteroatoms. The number of rotatable bonds is 2. The van der Waals surface area contributed by atoms with Crippen LogP contribution in [-0.2, 0) is 16.0 Å². The Kier molecular flexibility index (Phi) is 3.89. The van der Waals surface area contributed by atoms with E-state index < -0.39 is 6.10 Å². The summed E-state index contributed by atoms with van der Waals surface area (Å²) in [6.45, 7) is -0.177. The van der Waals surface area contributed by atoms with Crippen LogP contribution < -0.4 is 0 Å². The number of hydrogen-bond donors (Lipinski definition) is 2. The summed E-state index contributed by atoms with van der Waals surface area (Å²) in [5.74, 6) is 0. The summed E-state index contributed by atoms with van der Waals surface area (Å²) in [7, 11) is 0. The maximum atomic E-state index is 8.35. The first-order chi connectivity index (χ1) is 2.81. The third kappa shape index (κ3) is 2.66. The van der Waals surface area contributed by atoms with Gasteiger partial charge < -0.3 is 0 Å². The molecule has 0 heterocycles. The molecule has 0 aromatic carbocycles. The zero-order valence-corrected chi connectivity index (χ0v) is 4.34. The summed E-state index contributed by atoms with van der Waals surface area (Å²) in [6, 6.07) is 0. The van der Waals surface area contributed by atoms with Crippen LogP contribution in [0.4, 0.5) is 0 Å². The van der Waals surface area contributed by atoms with E-state index in [1.54, 1.807) is 0 Å². The van der Waals surface area contributed by atoms with Crippen LogP contribution in [0.25, 0.3) is 0 Å². The van der Waals surface area contributed by atoms with Gasteiger partial charge in [-0.15, -0.1) is 0 Å². The van der Waals surface area contributed by atoms with Crippen LogP contribution in [0.2, 0.25) is 5.32 Å². The van der Waals surface area contributed by atoms with Crippen LogP contribution in [0.15, 0.2) is 0 Å². The van der Waals surface area contributed by atoms with Crippen LogP contribution in [0, 0.1) is 0 Å². The maximum absolute atomic E-state index is 8.35. The van der Waals surface area contributed by atoms with E-state index in [9.17, 15) is 0 Å². The summed E-state index contributed by atoms with van der Waals surface area (Å²) in [5, 5.41) is 16.8. The molecule has 0 amide bonds. The molecule has 0 saturated carbocycles. The van der Waals surface area contributed by atoms with E-state index in [1.807, 2.05) is 0 Å². The third-order valence-electron chi connectivity index (χ3n) is 0.377. The monoisotopic (exact) mass is 131 g/mol. The summed E-state index contributed by atoms with van der Waals surface area (Å²) < 4.78 is 0. The first-order valence-electron chi connectivity index (χ1n) is 1.64. The summed E-state index contributed by atoms with van der Waals surface area (Å²) >= 11 is 3.35. The van der Waals surface area contributed by atoms with E-state index in [4.69, 9.17) is 10.2 Å². The van der Waals surface area contributed by atoms with Gasteiger partial charge >= 0.3 is 44.3 Å². The minimum atomic E-state index is -0.620. The van der Waals surface area contributed by atoms with Crippen molar-refractivity contribution in [3.8, 4) is 0 Å². The van der Waals surface area contributed by atoms with Crippen LogP contribution >= 0.6 is 0 Å². The second kappa shape index (κ2) is 3.62. The van der Waals surface area contributed by atoms with Crippen molar-refractivity contribution in [1.82, 2.24) is 0 Å². The Balaban J connectivity index is 2.75. The van der Waals surface area contributed by atoms with Gasteiger partial charge in [-0.05, 0) is 0 Å².